The molecule has 1 N–H and O–H groups in total. The maximum atomic E-state index is 13.0. The number of carbonyl (C=O) groups is 1. The van der Waals surface area contributed by atoms with E-state index < -0.39 is 0 Å². The maximum absolute atomic E-state index is 13.0. The summed E-state index contributed by atoms with van der Waals surface area (Å²) in [7, 11) is 0. The largest absolute Gasteiger partial charge is 0.451 e. The van der Waals surface area contributed by atoms with Gasteiger partial charge in [-0.05, 0) is 40.7 Å². The minimum absolute atomic E-state index is 0.00107. The van der Waals surface area contributed by atoms with Crippen LogP contribution in [0, 0.1) is 0 Å². The fraction of sp³-hybridized carbons (Fsp3) is 0.429. The van der Waals surface area contributed by atoms with Gasteiger partial charge in [-0.1, -0.05) is 58.0 Å². The van der Waals surface area contributed by atoms with Crippen LogP contribution >= 0.6 is 0 Å². The Labute approximate surface area is 200 Å². The number of hydrogen-bond acceptors (Lipinski definition) is 5. The van der Waals surface area contributed by atoms with Gasteiger partial charge in [-0.3, -0.25) is 14.5 Å². The number of carbonyl (C=O) groups excluding carboxylic acids is 1. The molecule has 1 fully saturated rings. The molecule has 0 aliphatic carbocycles. The molecule has 34 heavy (non-hydrogen) atoms. The highest BCUT2D eigenvalue weighted by atomic mass is 16.5. The molecule has 6 nitrogen and oxygen atoms in total. The number of morpholine rings is 1. The minimum Gasteiger partial charge on any atom is -0.451 e. The van der Waals surface area contributed by atoms with Crippen molar-refractivity contribution < 1.29 is 13.9 Å². The molecule has 2 heterocycles. The molecule has 1 atom stereocenters. The van der Waals surface area contributed by atoms with E-state index in [1.54, 1.807) is 6.07 Å². The van der Waals surface area contributed by atoms with Gasteiger partial charge in [0.1, 0.15) is 5.58 Å². The second kappa shape index (κ2) is 10.1. The SMILES string of the molecule is CCc1ccc2oc(C(=O)NC[C@@H](c3ccc(C(C)(C)C)cc3)N3CCOCC3)cc(=O)c2c1. The summed E-state index contributed by atoms with van der Waals surface area (Å²) in [6, 6.07) is 15.4. The normalized spacial score (nSPS) is 15.9. The first-order chi connectivity index (χ1) is 16.3. The molecule has 0 bridgehead atoms. The molecule has 0 spiro atoms. The van der Waals surface area contributed by atoms with Crippen molar-refractivity contribution in [3.63, 3.8) is 0 Å². The van der Waals surface area contributed by atoms with E-state index in [0.29, 0.717) is 30.7 Å². The van der Waals surface area contributed by atoms with E-state index >= 15 is 0 Å². The molecule has 0 unspecified atom stereocenters. The van der Waals surface area contributed by atoms with E-state index in [0.717, 1.165) is 30.6 Å². The number of rotatable bonds is 6. The topological polar surface area (TPSA) is 71.8 Å². The van der Waals surface area contributed by atoms with E-state index in [1.807, 2.05) is 19.1 Å². The highest BCUT2D eigenvalue weighted by Crippen LogP contribution is 2.27. The van der Waals surface area contributed by atoms with Crippen molar-refractivity contribution in [2.24, 2.45) is 0 Å². The lowest BCUT2D eigenvalue weighted by atomic mass is 9.86. The number of hydrogen-bond donors (Lipinski definition) is 1. The van der Waals surface area contributed by atoms with Crippen LogP contribution in [0.25, 0.3) is 11.0 Å². The number of fused-ring (bicyclic) bond motifs is 1. The molecular weight excluding hydrogens is 428 g/mol. The van der Waals surface area contributed by atoms with Crippen molar-refractivity contribution in [1.82, 2.24) is 10.2 Å². The molecule has 0 saturated carbocycles. The molecular formula is C28H34N2O4. The van der Waals surface area contributed by atoms with Crippen LogP contribution in [-0.4, -0.2) is 43.7 Å². The van der Waals surface area contributed by atoms with Crippen LogP contribution in [0.15, 0.2) is 57.7 Å². The highest BCUT2D eigenvalue weighted by molar-refractivity contribution is 5.93. The Hall–Kier alpha value is -2.96. The molecule has 1 aromatic heterocycles. The molecule has 1 aliphatic heterocycles. The molecule has 180 valence electrons. The first kappa shape index (κ1) is 24.2. The summed E-state index contributed by atoms with van der Waals surface area (Å²) in [5.74, 6) is -0.353. The molecule has 6 heteroatoms. The van der Waals surface area contributed by atoms with Crippen LogP contribution in [0.3, 0.4) is 0 Å². The van der Waals surface area contributed by atoms with E-state index in [9.17, 15) is 9.59 Å². The third-order valence-electron chi connectivity index (χ3n) is 6.53. The zero-order valence-corrected chi connectivity index (χ0v) is 20.5. The maximum Gasteiger partial charge on any atom is 0.287 e. The van der Waals surface area contributed by atoms with Gasteiger partial charge in [0.15, 0.2) is 11.2 Å². The van der Waals surface area contributed by atoms with Gasteiger partial charge in [-0.25, -0.2) is 0 Å². The Kier molecular flexibility index (Phi) is 7.19. The molecule has 1 amide bonds. The quantitative estimate of drug-likeness (QED) is 0.586. The minimum atomic E-state index is -0.386. The van der Waals surface area contributed by atoms with Crippen molar-refractivity contribution in [2.75, 3.05) is 32.8 Å². The fourth-order valence-electron chi connectivity index (χ4n) is 4.36. The van der Waals surface area contributed by atoms with Gasteiger partial charge >= 0.3 is 0 Å². The van der Waals surface area contributed by atoms with Gasteiger partial charge in [0.25, 0.3) is 5.91 Å². The van der Waals surface area contributed by atoms with Gasteiger partial charge < -0.3 is 14.5 Å². The van der Waals surface area contributed by atoms with Crippen LogP contribution < -0.4 is 10.7 Å². The van der Waals surface area contributed by atoms with E-state index in [-0.39, 0.29) is 28.6 Å². The summed E-state index contributed by atoms with van der Waals surface area (Å²) in [6.07, 6.45) is 0.831. The number of nitrogens with one attached hydrogen (secondary N) is 1. The Balaban J connectivity index is 1.55. The molecule has 3 aromatic rings. The van der Waals surface area contributed by atoms with Gasteiger partial charge in [-0.15, -0.1) is 0 Å². The lowest BCUT2D eigenvalue weighted by Gasteiger charge is -2.35. The predicted molar refractivity (Wildman–Crippen MR) is 134 cm³/mol. The first-order valence-electron chi connectivity index (χ1n) is 12.0. The number of aryl methyl sites for hydroxylation is 1. The van der Waals surface area contributed by atoms with Crippen LogP contribution in [0.4, 0.5) is 0 Å². The van der Waals surface area contributed by atoms with Crippen molar-refractivity contribution in [2.45, 2.75) is 45.6 Å². The van der Waals surface area contributed by atoms with Gasteiger partial charge in [0, 0.05) is 25.7 Å². The molecule has 2 aromatic carbocycles. The van der Waals surface area contributed by atoms with Crippen molar-refractivity contribution in [3.05, 3.63) is 81.2 Å². The third-order valence-corrected chi connectivity index (χ3v) is 6.53. The molecule has 4 rings (SSSR count). The second-order valence-electron chi connectivity index (χ2n) is 9.91. The summed E-state index contributed by atoms with van der Waals surface area (Å²) >= 11 is 0. The smallest absolute Gasteiger partial charge is 0.287 e. The summed E-state index contributed by atoms with van der Waals surface area (Å²) in [5.41, 5.74) is 3.77. The van der Waals surface area contributed by atoms with Gasteiger partial charge in [0.2, 0.25) is 0 Å². The molecule has 0 radical (unpaired) electrons. The predicted octanol–water partition coefficient (Wildman–Crippen LogP) is 4.46. The Morgan fingerprint density at radius 2 is 1.76 bits per heavy atom. The summed E-state index contributed by atoms with van der Waals surface area (Å²) < 4.78 is 11.3. The average Bonchev–Trinajstić information content (AvgIpc) is 2.84. The highest BCUT2D eigenvalue weighted by Gasteiger charge is 2.25. The molecule has 1 aliphatic rings. The number of benzene rings is 2. The standard InChI is InChI=1S/C28H34N2O4/c1-5-19-6-11-25-22(16-19)24(31)17-26(34-25)27(32)29-18-23(30-12-14-33-15-13-30)20-7-9-21(10-8-20)28(2,3)4/h6-11,16-17,23H,5,12-15,18H2,1-4H3,(H,29,32)/t23-/m0/s1. The Morgan fingerprint density at radius 3 is 2.41 bits per heavy atom. The van der Waals surface area contributed by atoms with Crippen LogP contribution in [0.5, 0.6) is 0 Å². The van der Waals surface area contributed by atoms with E-state index in [4.69, 9.17) is 9.15 Å². The average molecular weight is 463 g/mol. The Bertz CT molecular complexity index is 1200. The zero-order valence-electron chi connectivity index (χ0n) is 20.5. The van der Waals surface area contributed by atoms with Gasteiger partial charge in [-0.2, -0.15) is 0 Å². The second-order valence-corrected chi connectivity index (χ2v) is 9.91. The van der Waals surface area contributed by atoms with Gasteiger partial charge in [0.05, 0.1) is 24.6 Å². The van der Waals surface area contributed by atoms with Crippen molar-refractivity contribution >= 4 is 16.9 Å². The summed E-state index contributed by atoms with van der Waals surface area (Å²) in [5, 5.41) is 3.50. The number of nitrogens with zero attached hydrogens (tertiary/aromatic N) is 1. The van der Waals surface area contributed by atoms with Crippen LogP contribution in [0.2, 0.25) is 0 Å². The van der Waals surface area contributed by atoms with Crippen molar-refractivity contribution in [1.29, 1.82) is 0 Å². The third kappa shape index (κ3) is 5.40. The van der Waals surface area contributed by atoms with Crippen LogP contribution in [0.1, 0.15) is 61.0 Å². The summed E-state index contributed by atoms with van der Waals surface area (Å²) in [6.45, 7) is 12.0. The van der Waals surface area contributed by atoms with Crippen LogP contribution in [-0.2, 0) is 16.6 Å². The number of amides is 1. The lowest BCUT2D eigenvalue weighted by Crippen LogP contribution is -2.43. The first-order valence-corrected chi connectivity index (χ1v) is 12.0. The lowest BCUT2D eigenvalue weighted by molar-refractivity contribution is 0.0161. The molecule has 1 saturated heterocycles. The zero-order chi connectivity index (χ0) is 24.3. The number of ether oxygens (including phenoxy) is 1. The van der Waals surface area contributed by atoms with E-state index in [2.05, 4.69) is 55.3 Å². The van der Waals surface area contributed by atoms with Crippen molar-refractivity contribution in [3.8, 4) is 0 Å². The summed E-state index contributed by atoms with van der Waals surface area (Å²) in [4.78, 5) is 27.9. The monoisotopic (exact) mass is 462 g/mol. The van der Waals surface area contributed by atoms with E-state index in [1.165, 1.54) is 11.6 Å². The fourth-order valence-corrected chi connectivity index (χ4v) is 4.36. The Morgan fingerprint density at radius 1 is 1.06 bits per heavy atom.